The maximum atomic E-state index is 13.8. The number of hydrogen-bond donors (Lipinski definition) is 0. The van der Waals surface area contributed by atoms with Crippen LogP contribution in [0.15, 0.2) is 53.3 Å². The summed E-state index contributed by atoms with van der Waals surface area (Å²) in [7, 11) is 0. The molecule has 2 heterocycles. The van der Waals surface area contributed by atoms with Crippen LogP contribution in [0.1, 0.15) is 6.92 Å². The Hall–Kier alpha value is -3.02. The average Bonchev–Trinajstić information content (AvgIpc) is 3.21. The quantitative estimate of drug-likeness (QED) is 0.576. The zero-order valence-electron chi connectivity index (χ0n) is 12.4. The smallest absolute Gasteiger partial charge is 0.261 e. The highest BCUT2D eigenvalue weighted by atomic mass is 19.1. The van der Waals surface area contributed by atoms with Gasteiger partial charge in [0, 0.05) is 12.1 Å². The predicted octanol–water partition coefficient (Wildman–Crippen LogP) is 3.91. The lowest BCUT2D eigenvalue weighted by molar-refractivity contribution is 0.429. The van der Waals surface area contributed by atoms with E-state index in [2.05, 4.69) is 26.6 Å². The van der Waals surface area contributed by atoms with Crippen LogP contribution in [0.3, 0.4) is 0 Å². The van der Waals surface area contributed by atoms with Crippen LogP contribution in [0.2, 0.25) is 0 Å². The van der Waals surface area contributed by atoms with E-state index in [0.29, 0.717) is 11.4 Å². The first-order valence-corrected chi connectivity index (χ1v) is 7.30. The minimum absolute atomic E-state index is 0.164. The third kappa shape index (κ3) is 2.28. The summed E-state index contributed by atoms with van der Waals surface area (Å²) in [4.78, 5) is 8.66. The lowest BCUT2D eigenvalue weighted by atomic mass is 10.2. The van der Waals surface area contributed by atoms with Crippen molar-refractivity contribution >= 4 is 11.0 Å². The second kappa shape index (κ2) is 5.31. The molecule has 0 aliphatic heterocycles. The molecular weight excluding hydrogens is 295 g/mol. The molecule has 0 unspecified atom stereocenters. The van der Waals surface area contributed by atoms with Gasteiger partial charge in [-0.1, -0.05) is 17.3 Å². The van der Waals surface area contributed by atoms with Crippen LogP contribution in [0.4, 0.5) is 4.39 Å². The van der Waals surface area contributed by atoms with Crippen molar-refractivity contribution in [3.8, 4) is 22.8 Å². The number of halogens is 1. The Kier molecular flexibility index (Phi) is 3.15. The number of imidazole rings is 1. The van der Waals surface area contributed by atoms with Crippen molar-refractivity contribution in [2.24, 2.45) is 0 Å². The van der Waals surface area contributed by atoms with Crippen molar-refractivity contribution in [2.75, 3.05) is 0 Å². The molecule has 114 valence electrons. The molecule has 5 nitrogen and oxygen atoms in total. The molecule has 0 spiro atoms. The van der Waals surface area contributed by atoms with E-state index in [-0.39, 0.29) is 11.7 Å². The van der Waals surface area contributed by atoms with Crippen molar-refractivity contribution in [3.05, 3.63) is 54.6 Å². The second-order valence-corrected chi connectivity index (χ2v) is 5.14. The van der Waals surface area contributed by atoms with Crippen molar-refractivity contribution in [1.82, 2.24) is 19.7 Å². The highest BCUT2D eigenvalue weighted by Crippen LogP contribution is 2.26. The van der Waals surface area contributed by atoms with Crippen molar-refractivity contribution in [2.45, 2.75) is 13.5 Å². The summed E-state index contributed by atoms with van der Waals surface area (Å²) in [6, 6.07) is 12.1. The lowest BCUT2D eigenvalue weighted by Crippen LogP contribution is -1.90. The van der Waals surface area contributed by atoms with Gasteiger partial charge in [-0.3, -0.25) is 0 Å². The molecule has 0 atom stereocenters. The fraction of sp³-hybridized carbons (Fsp3) is 0.118. The van der Waals surface area contributed by atoms with Gasteiger partial charge in [-0.05, 0) is 37.3 Å². The standard InChI is InChI=1S/C17H13FN4O/c1-2-22-10-19-14-9-11(7-8-15(14)22)16-20-17(23-21-16)12-5-3-4-6-13(12)18/h3-10H,2H2,1H3. The van der Waals surface area contributed by atoms with Gasteiger partial charge >= 0.3 is 0 Å². The maximum absolute atomic E-state index is 13.8. The number of hydrogen-bond acceptors (Lipinski definition) is 4. The number of aromatic nitrogens is 4. The molecule has 0 bridgehead atoms. The number of fused-ring (bicyclic) bond motifs is 1. The Bertz CT molecular complexity index is 989. The zero-order chi connectivity index (χ0) is 15.8. The van der Waals surface area contributed by atoms with Crippen LogP contribution < -0.4 is 0 Å². The molecule has 2 aromatic heterocycles. The SMILES string of the molecule is CCn1cnc2cc(-c3noc(-c4ccccc4F)n3)ccc21. The van der Waals surface area contributed by atoms with Crippen LogP contribution in [-0.2, 0) is 6.54 Å². The third-order valence-electron chi connectivity index (χ3n) is 3.75. The van der Waals surface area contributed by atoms with E-state index >= 15 is 0 Å². The van der Waals surface area contributed by atoms with Crippen LogP contribution >= 0.6 is 0 Å². The zero-order valence-corrected chi connectivity index (χ0v) is 12.4. The molecule has 0 radical (unpaired) electrons. The molecule has 2 aromatic carbocycles. The Morgan fingerprint density at radius 2 is 2.04 bits per heavy atom. The van der Waals surface area contributed by atoms with Gasteiger partial charge in [0.2, 0.25) is 5.82 Å². The average molecular weight is 308 g/mol. The fourth-order valence-corrected chi connectivity index (χ4v) is 2.54. The van der Waals surface area contributed by atoms with Crippen molar-refractivity contribution in [1.29, 1.82) is 0 Å². The van der Waals surface area contributed by atoms with Crippen LogP contribution in [0.25, 0.3) is 33.9 Å². The lowest BCUT2D eigenvalue weighted by Gasteiger charge is -1.99. The summed E-state index contributed by atoms with van der Waals surface area (Å²) in [6.07, 6.45) is 1.80. The van der Waals surface area contributed by atoms with Gasteiger partial charge in [-0.15, -0.1) is 0 Å². The highest BCUT2D eigenvalue weighted by molar-refractivity contribution is 5.80. The third-order valence-corrected chi connectivity index (χ3v) is 3.75. The molecule has 0 saturated carbocycles. The van der Waals surface area contributed by atoms with E-state index in [9.17, 15) is 4.39 Å². The molecule has 4 aromatic rings. The van der Waals surface area contributed by atoms with Gasteiger partial charge in [-0.2, -0.15) is 4.98 Å². The molecule has 0 N–H and O–H groups in total. The number of nitrogens with zero attached hydrogens (tertiary/aromatic N) is 4. The summed E-state index contributed by atoms with van der Waals surface area (Å²) in [5.41, 5.74) is 2.99. The Morgan fingerprint density at radius 3 is 2.87 bits per heavy atom. The van der Waals surface area contributed by atoms with Gasteiger partial charge in [-0.25, -0.2) is 9.37 Å². The molecule has 0 amide bonds. The van der Waals surface area contributed by atoms with Gasteiger partial charge in [0.15, 0.2) is 0 Å². The molecule has 0 aliphatic rings. The summed E-state index contributed by atoms with van der Waals surface area (Å²) in [6.45, 7) is 2.92. The van der Waals surface area contributed by atoms with E-state index in [1.165, 1.54) is 6.07 Å². The summed E-state index contributed by atoms with van der Waals surface area (Å²) < 4.78 is 21.0. The van der Waals surface area contributed by atoms with Gasteiger partial charge in [0.1, 0.15) is 5.82 Å². The Morgan fingerprint density at radius 1 is 1.17 bits per heavy atom. The van der Waals surface area contributed by atoms with Gasteiger partial charge in [0.05, 0.1) is 22.9 Å². The number of rotatable bonds is 3. The van der Waals surface area contributed by atoms with E-state index in [1.54, 1.807) is 24.5 Å². The Labute approximate surface area is 131 Å². The van der Waals surface area contributed by atoms with E-state index in [1.807, 2.05) is 18.2 Å². The molecule has 0 aliphatic carbocycles. The summed E-state index contributed by atoms with van der Waals surface area (Å²) in [5, 5.41) is 3.95. The highest BCUT2D eigenvalue weighted by Gasteiger charge is 2.14. The topological polar surface area (TPSA) is 56.7 Å². The number of benzene rings is 2. The van der Waals surface area contributed by atoms with Crippen LogP contribution in [-0.4, -0.2) is 19.7 Å². The normalized spacial score (nSPS) is 11.2. The van der Waals surface area contributed by atoms with Crippen LogP contribution in [0, 0.1) is 5.82 Å². The minimum atomic E-state index is -0.389. The molecule has 23 heavy (non-hydrogen) atoms. The summed E-state index contributed by atoms with van der Waals surface area (Å²) >= 11 is 0. The predicted molar refractivity (Wildman–Crippen MR) is 84.1 cm³/mol. The largest absolute Gasteiger partial charge is 0.334 e. The first-order chi connectivity index (χ1) is 11.3. The molecule has 6 heteroatoms. The summed E-state index contributed by atoms with van der Waals surface area (Å²) in [5.74, 6) is 0.188. The van der Waals surface area contributed by atoms with E-state index < -0.39 is 0 Å². The molecular formula is C17H13FN4O. The van der Waals surface area contributed by atoms with Crippen molar-refractivity contribution < 1.29 is 8.91 Å². The first kappa shape index (κ1) is 13.6. The first-order valence-electron chi connectivity index (χ1n) is 7.30. The number of aryl methyl sites for hydroxylation is 1. The Balaban J connectivity index is 1.76. The second-order valence-electron chi connectivity index (χ2n) is 5.14. The van der Waals surface area contributed by atoms with Gasteiger partial charge < -0.3 is 9.09 Å². The van der Waals surface area contributed by atoms with E-state index in [4.69, 9.17) is 4.52 Å². The minimum Gasteiger partial charge on any atom is -0.334 e. The molecule has 0 fully saturated rings. The van der Waals surface area contributed by atoms with Crippen LogP contribution in [0.5, 0.6) is 0 Å². The van der Waals surface area contributed by atoms with Gasteiger partial charge in [0.25, 0.3) is 5.89 Å². The fourth-order valence-electron chi connectivity index (χ4n) is 2.54. The maximum Gasteiger partial charge on any atom is 0.261 e. The van der Waals surface area contributed by atoms with E-state index in [0.717, 1.165) is 23.1 Å². The van der Waals surface area contributed by atoms with Crippen molar-refractivity contribution in [3.63, 3.8) is 0 Å². The molecule has 0 saturated heterocycles. The monoisotopic (exact) mass is 308 g/mol. The molecule has 4 rings (SSSR count).